The highest BCUT2D eigenvalue weighted by atomic mass is 19.4. The van der Waals surface area contributed by atoms with Crippen LogP contribution >= 0.6 is 0 Å². The van der Waals surface area contributed by atoms with Crippen LogP contribution in [-0.2, 0) is 15.7 Å². The summed E-state index contributed by atoms with van der Waals surface area (Å²) in [4.78, 5) is 12.2. The number of rotatable bonds is 3. The molecule has 0 radical (unpaired) electrons. The molecule has 3 nitrogen and oxygen atoms in total. The molecule has 1 aliphatic heterocycles. The van der Waals surface area contributed by atoms with Crippen LogP contribution < -0.4 is 5.32 Å². The Hall–Kier alpha value is -1.56. The van der Waals surface area contributed by atoms with Crippen LogP contribution in [0.4, 0.5) is 13.2 Å². The van der Waals surface area contributed by atoms with Crippen LogP contribution in [0.5, 0.6) is 0 Å². The van der Waals surface area contributed by atoms with Crippen molar-refractivity contribution >= 4 is 5.91 Å². The van der Waals surface area contributed by atoms with Crippen molar-refractivity contribution in [1.29, 1.82) is 0 Å². The standard InChI is InChI=1S/C16H20F3NO2/c1-10-8-13(6-7-22-10)15(21)20-11(2)12-4-3-5-14(9-12)16(17,18)19/h3-5,9-11,13H,6-8H2,1-2H3,(H,20,21)/t10-,11+,13-/m1/s1. The van der Waals surface area contributed by atoms with Crippen LogP contribution in [0.25, 0.3) is 0 Å². The average Bonchev–Trinajstić information content (AvgIpc) is 2.46. The highest BCUT2D eigenvalue weighted by Gasteiger charge is 2.31. The van der Waals surface area contributed by atoms with Gasteiger partial charge in [-0.2, -0.15) is 13.2 Å². The van der Waals surface area contributed by atoms with Crippen LogP contribution in [-0.4, -0.2) is 18.6 Å². The number of carbonyl (C=O) groups is 1. The fraction of sp³-hybridized carbons (Fsp3) is 0.562. The van der Waals surface area contributed by atoms with Crippen molar-refractivity contribution < 1.29 is 22.7 Å². The lowest BCUT2D eigenvalue weighted by molar-refractivity contribution is -0.137. The Morgan fingerprint density at radius 2 is 2.14 bits per heavy atom. The summed E-state index contributed by atoms with van der Waals surface area (Å²) in [5, 5.41) is 2.80. The topological polar surface area (TPSA) is 38.3 Å². The van der Waals surface area contributed by atoms with Gasteiger partial charge in [0.05, 0.1) is 17.7 Å². The van der Waals surface area contributed by atoms with E-state index in [1.54, 1.807) is 13.0 Å². The van der Waals surface area contributed by atoms with E-state index >= 15 is 0 Å². The summed E-state index contributed by atoms with van der Waals surface area (Å²) in [7, 11) is 0. The molecule has 22 heavy (non-hydrogen) atoms. The second-order valence-corrected chi connectivity index (χ2v) is 5.76. The smallest absolute Gasteiger partial charge is 0.378 e. The van der Waals surface area contributed by atoms with Gasteiger partial charge in [-0.3, -0.25) is 4.79 Å². The minimum Gasteiger partial charge on any atom is -0.378 e. The molecule has 6 heteroatoms. The molecule has 0 unspecified atom stereocenters. The number of hydrogen-bond donors (Lipinski definition) is 1. The van der Waals surface area contributed by atoms with Gasteiger partial charge in [-0.1, -0.05) is 12.1 Å². The van der Waals surface area contributed by atoms with Crippen molar-refractivity contribution in [1.82, 2.24) is 5.32 Å². The number of ether oxygens (including phenoxy) is 1. The number of amides is 1. The minimum atomic E-state index is -4.38. The second kappa shape index (κ2) is 6.69. The number of alkyl halides is 3. The Balaban J connectivity index is 2.02. The van der Waals surface area contributed by atoms with Crippen LogP contribution in [0.2, 0.25) is 0 Å². The first-order chi connectivity index (χ1) is 10.3. The fourth-order valence-corrected chi connectivity index (χ4v) is 2.64. The van der Waals surface area contributed by atoms with Crippen molar-refractivity contribution in [3.8, 4) is 0 Å². The summed E-state index contributed by atoms with van der Waals surface area (Å²) in [6, 6.07) is 4.59. The summed E-state index contributed by atoms with van der Waals surface area (Å²) in [6.45, 7) is 4.14. The molecular formula is C16H20F3NO2. The largest absolute Gasteiger partial charge is 0.416 e. The molecule has 1 fully saturated rings. The van der Waals surface area contributed by atoms with Gasteiger partial charge in [0.1, 0.15) is 0 Å². The molecule has 122 valence electrons. The lowest BCUT2D eigenvalue weighted by Gasteiger charge is -2.27. The summed E-state index contributed by atoms with van der Waals surface area (Å²) < 4.78 is 43.6. The minimum absolute atomic E-state index is 0.0355. The third-order valence-electron chi connectivity index (χ3n) is 3.93. The molecule has 2 rings (SSSR count). The van der Waals surface area contributed by atoms with E-state index < -0.39 is 17.8 Å². The molecule has 3 atom stereocenters. The third kappa shape index (κ3) is 4.22. The van der Waals surface area contributed by atoms with Gasteiger partial charge in [0.25, 0.3) is 0 Å². The average molecular weight is 315 g/mol. The monoisotopic (exact) mass is 315 g/mol. The highest BCUT2D eigenvalue weighted by molar-refractivity contribution is 5.79. The molecule has 0 aromatic heterocycles. The van der Waals surface area contributed by atoms with Gasteiger partial charge in [0.2, 0.25) is 5.91 Å². The van der Waals surface area contributed by atoms with Crippen LogP contribution in [0.1, 0.15) is 43.9 Å². The van der Waals surface area contributed by atoms with Crippen molar-refractivity contribution in [2.75, 3.05) is 6.61 Å². The molecule has 1 aromatic rings. The van der Waals surface area contributed by atoms with E-state index in [0.29, 0.717) is 25.0 Å². The zero-order valence-corrected chi connectivity index (χ0v) is 12.6. The predicted molar refractivity (Wildman–Crippen MR) is 76.1 cm³/mol. The summed E-state index contributed by atoms with van der Waals surface area (Å²) >= 11 is 0. The Kier molecular flexibility index (Phi) is 5.11. The molecule has 1 N–H and O–H groups in total. The van der Waals surface area contributed by atoms with E-state index in [2.05, 4.69) is 5.32 Å². The number of nitrogens with one attached hydrogen (secondary N) is 1. The Bertz CT molecular complexity index is 530. The SMILES string of the molecule is C[C@@H]1C[C@H](C(=O)N[C@@H](C)c2cccc(C(F)(F)F)c2)CCO1. The normalized spacial score (nSPS) is 23.9. The van der Waals surface area contributed by atoms with Crippen molar-refractivity contribution in [2.24, 2.45) is 5.92 Å². The first kappa shape index (κ1) is 16.8. The first-order valence-electron chi connectivity index (χ1n) is 7.36. The molecule has 1 amide bonds. The maximum atomic E-state index is 12.7. The summed E-state index contributed by atoms with van der Waals surface area (Å²) in [5.41, 5.74) is -0.255. The number of carbonyl (C=O) groups excluding carboxylic acids is 1. The fourth-order valence-electron chi connectivity index (χ4n) is 2.64. The first-order valence-corrected chi connectivity index (χ1v) is 7.36. The summed E-state index contributed by atoms with van der Waals surface area (Å²) in [6.07, 6.45) is -3.06. The van der Waals surface area contributed by atoms with Crippen molar-refractivity contribution in [2.45, 2.75) is 45.0 Å². The summed E-state index contributed by atoms with van der Waals surface area (Å²) in [5.74, 6) is -0.267. The predicted octanol–water partition coefficient (Wildman–Crippen LogP) is 3.70. The van der Waals surface area contributed by atoms with Crippen molar-refractivity contribution in [3.05, 3.63) is 35.4 Å². The van der Waals surface area contributed by atoms with Gasteiger partial charge in [-0.25, -0.2) is 0 Å². The number of halogens is 3. The van der Waals surface area contributed by atoms with Gasteiger partial charge in [-0.15, -0.1) is 0 Å². The van der Waals surface area contributed by atoms with Crippen LogP contribution in [0.3, 0.4) is 0 Å². The van der Waals surface area contributed by atoms with Gasteiger partial charge in [0, 0.05) is 12.5 Å². The third-order valence-corrected chi connectivity index (χ3v) is 3.93. The van der Waals surface area contributed by atoms with Gasteiger partial charge in [0.15, 0.2) is 0 Å². The molecule has 1 saturated heterocycles. The van der Waals surface area contributed by atoms with E-state index in [4.69, 9.17) is 4.74 Å². The lowest BCUT2D eigenvalue weighted by Crippen LogP contribution is -2.37. The molecular weight excluding hydrogens is 295 g/mol. The molecule has 0 aliphatic carbocycles. The zero-order valence-electron chi connectivity index (χ0n) is 12.6. The van der Waals surface area contributed by atoms with Crippen LogP contribution in [0, 0.1) is 5.92 Å². The van der Waals surface area contributed by atoms with Gasteiger partial charge >= 0.3 is 6.18 Å². The number of hydrogen-bond acceptors (Lipinski definition) is 2. The van der Waals surface area contributed by atoms with E-state index in [9.17, 15) is 18.0 Å². The molecule has 0 bridgehead atoms. The van der Waals surface area contributed by atoms with Crippen LogP contribution in [0.15, 0.2) is 24.3 Å². The molecule has 1 aromatic carbocycles. The molecule has 1 aliphatic rings. The molecule has 0 saturated carbocycles. The van der Waals surface area contributed by atoms with E-state index in [0.717, 1.165) is 12.1 Å². The zero-order chi connectivity index (χ0) is 16.3. The van der Waals surface area contributed by atoms with E-state index in [1.165, 1.54) is 6.07 Å². The molecule has 0 spiro atoms. The second-order valence-electron chi connectivity index (χ2n) is 5.76. The van der Waals surface area contributed by atoms with Gasteiger partial charge in [-0.05, 0) is 44.4 Å². The quantitative estimate of drug-likeness (QED) is 0.923. The Morgan fingerprint density at radius 1 is 1.41 bits per heavy atom. The number of benzene rings is 1. The maximum Gasteiger partial charge on any atom is 0.416 e. The highest BCUT2D eigenvalue weighted by Crippen LogP contribution is 2.31. The Labute approximate surface area is 127 Å². The van der Waals surface area contributed by atoms with Crippen molar-refractivity contribution in [3.63, 3.8) is 0 Å². The lowest BCUT2D eigenvalue weighted by atomic mass is 9.94. The van der Waals surface area contributed by atoms with E-state index in [1.807, 2.05) is 6.92 Å². The van der Waals surface area contributed by atoms with Gasteiger partial charge < -0.3 is 10.1 Å². The maximum absolute atomic E-state index is 12.7. The van der Waals surface area contributed by atoms with E-state index in [-0.39, 0.29) is 17.9 Å². The Morgan fingerprint density at radius 3 is 2.77 bits per heavy atom. The molecule has 1 heterocycles.